The van der Waals surface area contributed by atoms with Gasteiger partial charge in [-0.1, -0.05) is 0 Å². The Labute approximate surface area is 75.8 Å². The topological polar surface area (TPSA) is 17.1 Å². The maximum atomic E-state index is 7.81. The summed E-state index contributed by atoms with van der Waals surface area (Å²) in [6.45, 7) is 0. The van der Waals surface area contributed by atoms with Gasteiger partial charge in [-0.15, -0.1) is 0 Å². The molecule has 0 radical (unpaired) electrons. The molecule has 6 heavy (non-hydrogen) atoms. The minimum absolute atomic E-state index is 0. The first-order valence-electron chi connectivity index (χ1n) is 0.623. The third-order valence-corrected chi connectivity index (χ3v) is 8.75. The molecule has 0 spiro atoms. The molecule has 0 aliphatic carbocycles. The Morgan fingerprint density at radius 2 is 1.50 bits per heavy atom. The third-order valence-electron chi connectivity index (χ3n) is 0.0278. The Balaban J connectivity index is -0.0000000183. The van der Waals surface area contributed by atoms with Gasteiger partial charge in [-0.2, -0.15) is 0 Å². The monoisotopic (exact) mass is 341 g/mol. The van der Waals surface area contributed by atoms with Crippen LogP contribution in [0.2, 0.25) is 0 Å². The van der Waals surface area contributed by atoms with Crippen LogP contribution in [0.25, 0.3) is 0 Å². The standard InChI is InChI=1S/Cu.2Mo.O.S2/c;;;;1-2/q;2*+1;;-2/p+2. The Bertz CT molecular complexity index is 25.5. The molecule has 0 aromatic carbocycles. The van der Waals surface area contributed by atoms with Crippen molar-refractivity contribution in [2.24, 2.45) is 0 Å². The molecule has 0 aromatic rings. The first-order chi connectivity index (χ1) is 2.91. The average Bonchev–Trinajstić information content (AvgIpc) is 1.72. The number of rotatable bonds is 1. The predicted molar refractivity (Wildman–Crippen MR) is 18.1 cm³/mol. The molecule has 0 heterocycles. The van der Waals surface area contributed by atoms with Gasteiger partial charge in [-0.25, -0.2) is 0 Å². The van der Waals surface area contributed by atoms with Crippen molar-refractivity contribution in [3.8, 4) is 0 Å². The molecular formula is H2CuMo2OS2+2. The van der Waals surface area contributed by atoms with Crippen molar-refractivity contribution in [1.29, 1.82) is 0 Å². The molecule has 0 amide bonds. The van der Waals surface area contributed by atoms with Gasteiger partial charge < -0.3 is 0 Å². The van der Waals surface area contributed by atoms with Crippen LogP contribution in [0.3, 0.4) is 0 Å². The van der Waals surface area contributed by atoms with E-state index in [1.54, 1.807) is 17.0 Å². The van der Waals surface area contributed by atoms with Gasteiger partial charge in [0.25, 0.3) is 0 Å². The summed E-state index contributed by atoms with van der Waals surface area (Å²) in [5.74, 6) is 0. The molecule has 1 nitrogen and oxygen atoms in total. The molecule has 0 rings (SSSR count). The van der Waals surface area contributed by atoms with E-state index in [4.69, 9.17) is 3.83 Å². The molecular weight excluding hydrogens is 336 g/mol. The Kier molecular flexibility index (Phi) is 29.3. The van der Waals surface area contributed by atoms with Crippen LogP contribution in [0.4, 0.5) is 0 Å². The van der Waals surface area contributed by atoms with Gasteiger partial charge in [-0.3, -0.25) is 0 Å². The summed E-state index contributed by atoms with van der Waals surface area (Å²) in [5, 5.41) is 0. The van der Waals surface area contributed by atoms with Crippen LogP contribution >= 0.6 is 17.0 Å². The van der Waals surface area contributed by atoms with E-state index in [1.165, 1.54) is 0 Å². The van der Waals surface area contributed by atoms with Crippen LogP contribution in [-0.4, -0.2) is 0 Å². The quantitative estimate of drug-likeness (QED) is 0.532. The van der Waals surface area contributed by atoms with Gasteiger partial charge in [-0.05, 0) is 0 Å². The average molecular weight is 338 g/mol. The van der Waals surface area contributed by atoms with Crippen LogP contribution in [0.1, 0.15) is 2.85 Å². The molecule has 0 unspecified atom stereocenters. The molecule has 0 saturated heterocycles. The van der Waals surface area contributed by atoms with E-state index >= 15 is 0 Å². The second-order valence-corrected chi connectivity index (χ2v) is 7.25. The van der Waals surface area contributed by atoms with Crippen LogP contribution in [0.5, 0.6) is 0 Å². The summed E-state index contributed by atoms with van der Waals surface area (Å²) in [5.41, 5.74) is 0. The second kappa shape index (κ2) is 15.7. The molecule has 0 saturated carbocycles. The molecule has 0 aliphatic rings. The zero-order valence-corrected chi connectivity index (χ0v) is 8.93. The van der Waals surface area contributed by atoms with E-state index < -0.39 is 0 Å². The van der Waals surface area contributed by atoms with E-state index in [1.807, 2.05) is 37.1 Å². The van der Waals surface area contributed by atoms with Gasteiger partial charge >= 0.3 is 76.7 Å². The molecule has 0 atom stereocenters. The molecule has 6 heteroatoms. The summed E-state index contributed by atoms with van der Waals surface area (Å²) < 4.78 is 7.81. The predicted octanol–water partition coefficient (Wildman–Crippen LogP) is 1.40. The number of hydrogen-bond acceptors (Lipinski definition) is 3. The van der Waals surface area contributed by atoms with Gasteiger partial charge in [0.05, 0.1) is 0 Å². The summed E-state index contributed by atoms with van der Waals surface area (Å²) >= 11 is 6.95. The molecule has 0 fully saturated rings. The summed E-state index contributed by atoms with van der Waals surface area (Å²) in [4.78, 5) is 0. The SMILES string of the molecule is [H+].[H+].[Mo][S][S][Mo].[O]=[Cu]. The van der Waals surface area contributed by atoms with Crippen LogP contribution in [-0.2, 0) is 56.9 Å². The Morgan fingerprint density at radius 3 is 1.50 bits per heavy atom. The molecule has 0 N–H and O–H groups in total. The zero-order valence-electron chi connectivity index (χ0n) is 4.34. The molecule has 0 aliphatic heterocycles. The van der Waals surface area contributed by atoms with Crippen molar-refractivity contribution in [3.05, 3.63) is 0 Å². The van der Waals surface area contributed by atoms with E-state index in [-0.39, 0.29) is 2.85 Å². The molecule has 0 aromatic heterocycles. The fourth-order valence-corrected chi connectivity index (χ4v) is 0. The van der Waals surface area contributed by atoms with Gasteiger partial charge in [0.15, 0.2) is 0 Å². The minimum atomic E-state index is 0. The fraction of sp³-hybridized carbons (Fsp3) is 0. The van der Waals surface area contributed by atoms with Crippen molar-refractivity contribution >= 4 is 17.0 Å². The van der Waals surface area contributed by atoms with Crippen LogP contribution in [0, 0.1) is 0 Å². The first-order valence-corrected chi connectivity index (χ1v) is 7.92. The van der Waals surface area contributed by atoms with Gasteiger partial charge in [0, 0.05) is 0 Å². The maximum absolute atomic E-state index is 7.81. The number of hydrogen-bond donors (Lipinski definition) is 0. The third kappa shape index (κ3) is 16.1. The first kappa shape index (κ1) is 11.2. The zero-order chi connectivity index (χ0) is 5.41. The van der Waals surface area contributed by atoms with Crippen molar-refractivity contribution in [1.82, 2.24) is 0 Å². The normalized spacial score (nSPS) is 5.67. The summed E-state index contributed by atoms with van der Waals surface area (Å²) in [6, 6.07) is 0. The Hall–Kier alpha value is 2.40. The van der Waals surface area contributed by atoms with E-state index in [0.717, 1.165) is 0 Å². The fourth-order valence-electron chi connectivity index (χ4n) is 0. The Morgan fingerprint density at radius 1 is 1.33 bits per heavy atom. The second-order valence-electron chi connectivity index (χ2n) is 0.136. The van der Waals surface area contributed by atoms with Crippen molar-refractivity contribution in [2.45, 2.75) is 0 Å². The summed E-state index contributed by atoms with van der Waals surface area (Å²) in [7, 11) is 3.58. The summed E-state index contributed by atoms with van der Waals surface area (Å²) in [6.07, 6.45) is 0. The van der Waals surface area contributed by atoms with Crippen molar-refractivity contribution < 1.29 is 59.7 Å². The van der Waals surface area contributed by atoms with E-state index in [9.17, 15) is 0 Å². The van der Waals surface area contributed by atoms with E-state index in [2.05, 4.69) is 15.9 Å². The van der Waals surface area contributed by atoms with Crippen molar-refractivity contribution in [3.63, 3.8) is 0 Å². The van der Waals surface area contributed by atoms with Gasteiger partial charge in [0.1, 0.15) is 0 Å². The van der Waals surface area contributed by atoms with Gasteiger partial charge in [0.2, 0.25) is 0 Å². The van der Waals surface area contributed by atoms with Crippen LogP contribution in [0.15, 0.2) is 0 Å². The molecule has 41 valence electrons. The van der Waals surface area contributed by atoms with Crippen LogP contribution < -0.4 is 0 Å². The van der Waals surface area contributed by atoms with Crippen molar-refractivity contribution in [2.75, 3.05) is 0 Å². The molecule has 0 bridgehead atoms. The van der Waals surface area contributed by atoms with E-state index in [0.29, 0.717) is 0 Å².